The van der Waals surface area contributed by atoms with Crippen LogP contribution in [-0.4, -0.2) is 28.6 Å². The van der Waals surface area contributed by atoms with Gasteiger partial charge in [-0.05, 0) is 25.7 Å². The second-order valence-electron chi connectivity index (χ2n) is 5.99. The minimum atomic E-state index is -1.06. The Morgan fingerprint density at radius 2 is 1.68 bits per heavy atom. The molecular weight excluding hydrogens is 244 g/mol. The van der Waals surface area contributed by atoms with Crippen molar-refractivity contribution < 1.29 is 14.7 Å². The molecule has 0 aromatic carbocycles. The number of rotatable bonds is 3. The fraction of sp³-hybridized carbons (Fsp3) is 0.857. The zero-order chi connectivity index (χ0) is 13.9. The summed E-state index contributed by atoms with van der Waals surface area (Å²) in [7, 11) is 0. The summed E-state index contributed by atoms with van der Waals surface area (Å²) in [5, 5.41) is 12.4. The molecule has 1 amide bonds. The van der Waals surface area contributed by atoms with Crippen molar-refractivity contribution in [3.8, 4) is 0 Å². The number of hydrogen-bond acceptors (Lipinski definition) is 3. The van der Waals surface area contributed by atoms with Gasteiger partial charge in [-0.2, -0.15) is 0 Å². The predicted molar refractivity (Wildman–Crippen MR) is 71.5 cm³/mol. The number of carbonyl (C=O) groups is 2. The Labute approximate surface area is 113 Å². The highest BCUT2D eigenvalue weighted by molar-refractivity contribution is 5.88. The number of carbonyl (C=O) groups excluding carboxylic acids is 1. The van der Waals surface area contributed by atoms with Gasteiger partial charge in [0, 0.05) is 6.04 Å². The van der Waals surface area contributed by atoms with Gasteiger partial charge in [0.15, 0.2) is 0 Å². The molecule has 2 aliphatic rings. The van der Waals surface area contributed by atoms with Crippen LogP contribution in [0.5, 0.6) is 0 Å². The molecule has 2 rings (SSSR count). The molecule has 108 valence electrons. The lowest BCUT2D eigenvalue weighted by atomic mass is 9.89. The molecule has 2 atom stereocenters. The molecule has 0 aromatic heterocycles. The van der Waals surface area contributed by atoms with Gasteiger partial charge < -0.3 is 16.2 Å². The van der Waals surface area contributed by atoms with Crippen LogP contribution in [0.25, 0.3) is 0 Å². The van der Waals surface area contributed by atoms with Crippen molar-refractivity contribution in [1.29, 1.82) is 0 Å². The minimum Gasteiger partial charge on any atom is -0.480 e. The van der Waals surface area contributed by atoms with Crippen LogP contribution >= 0.6 is 0 Å². The normalized spacial score (nSPS) is 30.6. The van der Waals surface area contributed by atoms with E-state index in [-0.39, 0.29) is 17.9 Å². The van der Waals surface area contributed by atoms with E-state index in [9.17, 15) is 14.7 Å². The van der Waals surface area contributed by atoms with Crippen molar-refractivity contribution >= 4 is 11.9 Å². The number of nitrogens with two attached hydrogens (primary N) is 1. The Kier molecular flexibility index (Phi) is 4.45. The molecule has 19 heavy (non-hydrogen) atoms. The van der Waals surface area contributed by atoms with Crippen molar-refractivity contribution in [2.45, 2.75) is 69.4 Å². The highest BCUT2D eigenvalue weighted by Crippen LogP contribution is 2.30. The van der Waals surface area contributed by atoms with Gasteiger partial charge in [-0.3, -0.25) is 4.79 Å². The van der Waals surface area contributed by atoms with Crippen LogP contribution < -0.4 is 11.1 Å². The van der Waals surface area contributed by atoms with Crippen LogP contribution in [0.1, 0.15) is 57.8 Å². The molecule has 4 N–H and O–H groups in total. The van der Waals surface area contributed by atoms with Gasteiger partial charge in [-0.1, -0.05) is 32.1 Å². The van der Waals surface area contributed by atoms with E-state index < -0.39 is 11.5 Å². The van der Waals surface area contributed by atoms with Gasteiger partial charge >= 0.3 is 5.97 Å². The van der Waals surface area contributed by atoms with Crippen molar-refractivity contribution in [2.75, 3.05) is 0 Å². The fourth-order valence-corrected chi connectivity index (χ4v) is 3.37. The molecule has 0 spiro atoms. The first kappa shape index (κ1) is 14.3. The standard InChI is InChI=1S/C14H24N2O3/c15-11-7-5-6-10(11)12(17)16-14(13(18)19)8-3-1-2-4-9-14/h10-11H,1-9,15H2,(H,16,17)(H,18,19). The Morgan fingerprint density at radius 3 is 2.16 bits per heavy atom. The Hall–Kier alpha value is -1.10. The number of aliphatic carboxylic acids is 1. The maximum absolute atomic E-state index is 12.3. The maximum Gasteiger partial charge on any atom is 0.329 e. The fourth-order valence-electron chi connectivity index (χ4n) is 3.37. The number of nitrogens with one attached hydrogen (secondary N) is 1. The molecule has 2 saturated carbocycles. The smallest absolute Gasteiger partial charge is 0.329 e. The van der Waals surface area contributed by atoms with E-state index in [2.05, 4.69) is 5.32 Å². The Bertz CT molecular complexity index is 349. The SMILES string of the molecule is NC1CCCC1C(=O)NC1(C(=O)O)CCCCCC1. The Morgan fingerprint density at radius 1 is 1.05 bits per heavy atom. The molecule has 2 aliphatic carbocycles. The molecule has 0 heterocycles. The lowest BCUT2D eigenvalue weighted by Gasteiger charge is -2.31. The van der Waals surface area contributed by atoms with E-state index in [1.165, 1.54) is 0 Å². The zero-order valence-electron chi connectivity index (χ0n) is 11.4. The van der Waals surface area contributed by atoms with Gasteiger partial charge in [-0.15, -0.1) is 0 Å². The van der Waals surface area contributed by atoms with Gasteiger partial charge in [-0.25, -0.2) is 4.79 Å². The average Bonchev–Trinajstić information content (AvgIpc) is 2.64. The van der Waals surface area contributed by atoms with Crippen molar-refractivity contribution in [3.05, 3.63) is 0 Å². The number of carboxylic acids is 1. The first-order valence-electron chi connectivity index (χ1n) is 7.36. The van der Waals surface area contributed by atoms with Crippen molar-refractivity contribution in [3.63, 3.8) is 0 Å². The second kappa shape index (κ2) is 5.90. The molecule has 0 radical (unpaired) electrons. The third kappa shape index (κ3) is 3.08. The third-order valence-corrected chi connectivity index (χ3v) is 4.64. The summed E-state index contributed by atoms with van der Waals surface area (Å²) < 4.78 is 0. The lowest BCUT2D eigenvalue weighted by Crippen LogP contribution is -2.56. The molecule has 5 nitrogen and oxygen atoms in total. The van der Waals surface area contributed by atoms with Crippen molar-refractivity contribution in [2.24, 2.45) is 11.7 Å². The molecule has 0 aromatic rings. The van der Waals surface area contributed by atoms with Crippen LogP contribution in [0.15, 0.2) is 0 Å². The first-order chi connectivity index (χ1) is 9.05. The molecule has 0 bridgehead atoms. The third-order valence-electron chi connectivity index (χ3n) is 4.64. The molecule has 0 saturated heterocycles. The monoisotopic (exact) mass is 268 g/mol. The Balaban J connectivity index is 2.07. The highest BCUT2D eigenvalue weighted by atomic mass is 16.4. The zero-order valence-corrected chi connectivity index (χ0v) is 11.4. The second-order valence-corrected chi connectivity index (χ2v) is 5.99. The maximum atomic E-state index is 12.3. The van der Waals surface area contributed by atoms with Crippen LogP contribution in [0, 0.1) is 5.92 Å². The van der Waals surface area contributed by atoms with E-state index in [1.807, 2.05) is 0 Å². The lowest BCUT2D eigenvalue weighted by molar-refractivity contribution is -0.149. The number of amides is 1. The van der Waals surface area contributed by atoms with Crippen LogP contribution in [0.2, 0.25) is 0 Å². The van der Waals surface area contributed by atoms with E-state index in [0.29, 0.717) is 12.8 Å². The first-order valence-corrected chi connectivity index (χ1v) is 7.36. The van der Waals surface area contributed by atoms with E-state index in [0.717, 1.165) is 44.9 Å². The molecule has 0 aliphatic heterocycles. The number of hydrogen-bond donors (Lipinski definition) is 3. The highest BCUT2D eigenvalue weighted by Gasteiger charge is 2.42. The topological polar surface area (TPSA) is 92.4 Å². The average molecular weight is 268 g/mol. The largest absolute Gasteiger partial charge is 0.480 e. The summed E-state index contributed by atoms with van der Waals surface area (Å²) in [5.74, 6) is -1.26. The molecule has 2 fully saturated rings. The molecular formula is C14H24N2O3. The quantitative estimate of drug-likeness (QED) is 0.675. The van der Waals surface area contributed by atoms with Crippen LogP contribution in [0.3, 0.4) is 0 Å². The summed E-state index contributed by atoms with van der Waals surface area (Å²) in [4.78, 5) is 23.9. The summed E-state index contributed by atoms with van der Waals surface area (Å²) in [6.07, 6.45) is 7.50. The van der Waals surface area contributed by atoms with Crippen LogP contribution in [-0.2, 0) is 9.59 Å². The predicted octanol–water partition coefficient (Wildman–Crippen LogP) is 1.41. The van der Waals surface area contributed by atoms with E-state index >= 15 is 0 Å². The van der Waals surface area contributed by atoms with Gasteiger partial charge in [0.05, 0.1) is 5.92 Å². The van der Waals surface area contributed by atoms with Gasteiger partial charge in [0.25, 0.3) is 0 Å². The van der Waals surface area contributed by atoms with E-state index in [4.69, 9.17) is 5.73 Å². The molecule has 2 unspecified atom stereocenters. The number of carboxylic acid groups (broad SMARTS) is 1. The van der Waals surface area contributed by atoms with Crippen LogP contribution in [0.4, 0.5) is 0 Å². The molecule has 5 heteroatoms. The van der Waals surface area contributed by atoms with Crippen molar-refractivity contribution in [1.82, 2.24) is 5.32 Å². The summed E-state index contributed by atoms with van der Waals surface area (Å²) in [6.45, 7) is 0. The summed E-state index contributed by atoms with van der Waals surface area (Å²) in [5.41, 5.74) is 4.87. The van der Waals surface area contributed by atoms with E-state index in [1.54, 1.807) is 0 Å². The minimum absolute atomic E-state index is 0.114. The summed E-state index contributed by atoms with van der Waals surface area (Å²) in [6, 6.07) is -0.114. The van der Waals surface area contributed by atoms with Gasteiger partial charge in [0.2, 0.25) is 5.91 Å². The van der Waals surface area contributed by atoms with Gasteiger partial charge in [0.1, 0.15) is 5.54 Å². The summed E-state index contributed by atoms with van der Waals surface area (Å²) >= 11 is 0.